The van der Waals surface area contributed by atoms with Crippen LogP contribution in [0.25, 0.3) is 0 Å². The van der Waals surface area contributed by atoms with Crippen molar-refractivity contribution in [1.29, 1.82) is 0 Å². The van der Waals surface area contributed by atoms with E-state index >= 15 is 0 Å². The highest BCUT2D eigenvalue weighted by atomic mass is 16.6. The first kappa shape index (κ1) is 17.4. The van der Waals surface area contributed by atoms with Crippen molar-refractivity contribution in [3.05, 3.63) is 63.2 Å². The fraction of sp³-hybridized carbons (Fsp3) is 0.235. The smallest absolute Gasteiger partial charge is 0.269 e. The maximum atomic E-state index is 12.7. The van der Waals surface area contributed by atoms with Crippen LogP contribution < -0.4 is 9.47 Å². The molecule has 2 rings (SSSR count). The molecule has 0 radical (unpaired) electrons. The zero-order valence-corrected chi connectivity index (χ0v) is 13.3. The minimum atomic E-state index is -0.526. The van der Waals surface area contributed by atoms with E-state index in [1.807, 2.05) is 0 Å². The standard InChI is InChI=1S/C17H17NO6/c1-23-15-9-12(7-8-19)14(10-16(15)24-2)17(20)11-3-5-13(6-4-11)18(21)22/h3-6,9-10,19H,7-8H2,1-2H3. The number of hydrogen-bond donors (Lipinski definition) is 1. The topological polar surface area (TPSA) is 98.9 Å². The number of carbonyl (C=O) groups is 1. The SMILES string of the molecule is COc1cc(CCO)c(C(=O)c2ccc([N+](=O)[O-])cc2)cc1OC. The first-order chi connectivity index (χ1) is 11.5. The number of benzene rings is 2. The number of rotatable bonds is 7. The van der Waals surface area contributed by atoms with Gasteiger partial charge in [0.25, 0.3) is 5.69 Å². The summed E-state index contributed by atoms with van der Waals surface area (Å²) < 4.78 is 10.4. The molecule has 7 nitrogen and oxygen atoms in total. The first-order valence-electron chi connectivity index (χ1n) is 7.16. The van der Waals surface area contributed by atoms with E-state index in [0.717, 1.165) is 0 Å². The summed E-state index contributed by atoms with van der Waals surface area (Å²) in [6.07, 6.45) is 0.272. The van der Waals surface area contributed by atoms with Crippen LogP contribution >= 0.6 is 0 Å². The number of aliphatic hydroxyl groups is 1. The maximum absolute atomic E-state index is 12.7. The molecule has 1 N–H and O–H groups in total. The van der Waals surface area contributed by atoms with Crippen molar-refractivity contribution in [1.82, 2.24) is 0 Å². The first-order valence-corrected chi connectivity index (χ1v) is 7.16. The number of methoxy groups -OCH3 is 2. The summed E-state index contributed by atoms with van der Waals surface area (Å²) in [6, 6.07) is 8.56. The molecule has 0 aliphatic heterocycles. The van der Waals surface area contributed by atoms with Crippen LogP contribution in [-0.2, 0) is 6.42 Å². The molecular weight excluding hydrogens is 314 g/mol. The number of nitro groups is 1. The van der Waals surface area contributed by atoms with Gasteiger partial charge in [-0.05, 0) is 36.2 Å². The molecule has 24 heavy (non-hydrogen) atoms. The molecule has 0 amide bonds. The predicted molar refractivity (Wildman–Crippen MR) is 86.9 cm³/mol. The van der Waals surface area contributed by atoms with Gasteiger partial charge in [-0.1, -0.05) is 0 Å². The number of ether oxygens (including phenoxy) is 2. The minimum absolute atomic E-state index is 0.0885. The van der Waals surface area contributed by atoms with Crippen molar-refractivity contribution in [3.8, 4) is 11.5 Å². The summed E-state index contributed by atoms with van der Waals surface area (Å²) in [5, 5.41) is 19.9. The third kappa shape index (κ3) is 3.52. The van der Waals surface area contributed by atoms with Crippen LogP contribution in [0.15, 0.2) is 36.4 Å². The highest BCUT2D eigenvalue weighted by Gasteiger charge is 2.19. The summed E-state index contributed by atoms with van der Waals surface area (Å²) in [5.41, 5.74) is 1.19. The molecule has 0 aromatic heterocycles. The number of ketones is 1. The Morgan fingerprint density at radius 1 is 1.12 bits per heavy atom. The molecule has 0 aliphatic rings. The number of nitrogens with zero attached hydrogens (tertiary/aromatic N) is 1. The normalized spacial score (nSPS) is 10.3. The predicted octanol–water partition coefficient (Wildman–Crippen LogP) is 2.38. The average Bonchev–Trinajstić information content (AvgIpc) is 2.61. The minimum Gasteiger partial charge on any atom is -0.493 e. The van der Waals surface area contributed by atoms with Gasteiger partial charge in [0.2, 0.25) is 0 Å². The van der Waals surface area contributed by atoms with E-state index in [2.05, 4.69) is 0 Å². The zero-order valence-electron chi connectivity index (χ0n) is 13.3. The van der Waals surface area contributed by atoms with Crippen LogP contribution in [0.1, 0.15) is 21.5 Å². The molecular formula is C17H17NO6. The highest BCUT2D eigenvalue weighted by Crippen LogP contribution is 2.32. The molecule has 0 aliphatic carbocycles. The van der Waals surface area contributed by atoms with Crippen LogP contribution in [0, 0.1) is 10.1 Å². The van der Waals surface area contributed by atoms with Crippen LogP contribution in [0.2, 0.25) is 0 Å². The van der Waals surface area contributed by atoms with Crippen molar-refractivity contribution >= 4 is 11.5 Å². The van der Waals surface area contributed by atoms with Gasteiger partial charge >= 0.3 is 0 Å². The van der Waals surface area contributed by atoms with Crippen molar-refractivity contribution in [2.24, 2.45) is 0 Å². The van der Waals surface area contributed by atoms with E-state index in [-0.39, 0.29) is 24.5 Å². The quantitative estimate of drug-likeness (QED) is 0.475. The van der Waals surface area contributed by atoms with E-state index in [1.165, 1.54) is 38.5 Å². The molecule has 0 fully saturated rings. The van der Waals surface area contributed by atoms with Crippen LogP contribution in [0.5, 0.6) is 11.5 Å². The van der Waals surface area contributed by atoms with E-state index in [0.29, 0.717) is 28.2 Å². The van der Waals surface area contributed by atoms with Gasteiger partial charge in [-0.15, -0.1) is 0 Å². The van der Waals surface area contributed by atoms with Gasteiger partial charge in [0.15, 0.2) is 17.3 Å². The lowest BCUT2D eigenvalue weighted by Gasteiger charge is -2.14. The Morgan fingerprint density at radius 2 is 1.71 bits per heavy atom. The van der Waals surface area contributed by atoms with E-state index in [1.54, 1.807) is 12.1 Å². The van der Waals surface area contributed by atoms with Crippen LogP contribution in [-0.4, -0.2) is 36.6 Å². The average molecular weight is 331 g/mol. The molecule has 0 bridgehead atoms. The van der Waals surface area contributed by atoms with Crippen molar-refractivity contribution in [2.75, 3.05) is 20.8 Å². The van der Waals surface area contributed by atoms with Crippen molar-refractivity contribution in [3.63, 3.8) is 0 Å². The lowest BCUT2D eigenvalue weighted by atomic mass is 9.96. The molecule has 0 unspecified atom stereocenters. The fourth-order valence-corrected chi connectivity index (χ4v) is 2.35. The second kappa shape index (κ2) is 7.56. The van der Waals surface area contributed by atoms with Gasteiger partial charge in [-0.2, -0.15) is 0 Å². The second-order valence-corrected chi connectivity index (χ2v) is 4.97. The van der Waals surface area contributed by atoms with Gasteiger partial charge in [0, 0.05) is 29.9 Å². The van der Waals surface area contributed by atoms with Crippen molar-refractivity contribution < 1.29 is 24.3 Å². The van der Waals surface area contributed by atoms with E-state index in [9.17, 15) is 20.0 Å². The van der Waals surface area contributed by atoms with Gasteiger partial charge in [0.1, 0.15) is 0 Å². The summed E-state index contributed by atoms with van der Waals surface area (Å²) in [4.78, 5) is 22.9. The lowest BCUT2D eigenvalue weighted by Crippen LogP contribution is -2.08. The molecule has 2 aromatic rings. The van der Waals surface area contributed by atoms with Crippen LogP contribution in [0.3, 0.4) is 0 Å². The molecule has 0 heterocycles. The third-order valence-electron chi connectivity index (χ3n) is 3.58. The molecule has 0 saturated carbocycles. The molecule has 7 heteroatoms. The number of nitro benzene ring substituents is 1. The summed E-state index contributed by atoms with van der Waals surface area (Å²) in [7, 11) is 2.95. The largest absolute Gasteiger partial charge is 0.493 e. The fourth-order valence-electron chi connectivity index (χ4n) is 2.35. The van der Waals surface area contributed by atoms with Gasteiger partial charge in [-0.3, -0.25) is 14.9 Å². The Labute approximate surface area is 138 Å². The number of carbonyl (C=O) groups excluding carboxylic acids is 1. The van der Waals surface area contributed by atoms with E-state index in [4.69, 9.17) is 9.47 Å². The zero-order chi connectivity index (χ0) is 17.7. The second-order valence-electron chi connectivity index (χ2n) is 4.97. The number of non-ortho nitro benzene ring substituents is 1. The van der Waals surface area contributed by atoms with E-state index < -0.39 is 4.92 Å². The van der Waals surface area contributed by atoms with Gasteiger partial charge in [0.05, 0.1) is 19.1 Å². The Bertz CT molecular complexity index is 754. The Hall–Kier alpha value is -2.93. The molecule has 126 valence electrons. The van der Waals surface area contributed by atoms with Crippen molar-refractivity contribution in [2.45, 2.75) is 6.42 Å². The summed E-state index contributed by atoms with van der Waals surface area (Å²) in [5.74, 6) is 0.542. The van der Waals surface area contributed by atoms with Gasteiger partial charge in [-0.25, -0.2) is 0 Å². The summed E-state index contributed by atoms with van der Waals surface area (Å²) >= 11 is 0. The Balaban J connectivity index is 2.48. The highest BCUT2D eigenvalue weighted by molar-refractivity contribution is 6.10. The number of hydrogen-bond acceptors (Lipinski definition) is 6. The lowest BCUT2D eigenvalue weighted by molar-refractivity contribution is -0.384. The van der Waals surface area contributed by atoms with Crippen LogP contribution in [0.4, 0.5) is 5.69 Å². The molecule has 0 atom stereocenters. The Morgan fingerprint density at radius 3 is 2.21 bits per heavy atom. The molecule has 0 spiro atoms. The third-order valence-corrected chi connectivity index (χ3v) is 3.58. The number of aliphatic hydroxyl groups excluding tert-OH is 1. The monoisotopic (exact) mass is 331 g/mol. The van der Waals surface area contributed by atoms with Gasteiger partial charge < -0.3 is 14.6 Å². The molecule has 2 aromatic carbocycles. The maximum Gasteiger partial charge on any atom is 0.269 e. The summed E-state index contributed by atoms with van der Waals surface area (Å²) in [6.45, 7) is -0.129. The Kier molecular flexibility index (Phi) is 5.49. The molecule has 0 saturated heterocycles.